The molecule has 0 unspecified atom stereocenters. The Bertz CT molecular complexity index is 970. The van der Waals surface area contributed by atoms with Gasteiger partial charge in [0.1, 0.15) is 0 Å². The smallest absolute Gasteiger partial charge is 0.173 e. The fourth-order valence-corrected chi connectivity index (χ4v) is 2.94. The molecule has 0 amide bonds. The molecule has 3 nitrogen and oxygen atoms in total. The van der Waals surface area contributed by atoms with E-state index in [1.54, 1.807) is 0 Å². The second-order valence-electron chi connectivity index (χ2n) is 5.26. The number of pyridine rings is 1. The largest absolute Gasteiger partial charge is 0.282 e. The molecule has 0 atom stereocenters. The molecule has 4 heteroatoms. The normalized spacial score (nSPS) is 10.8. The lowest BCUT2D eigenvalue weighted by atomic mass is 10.1. The number of nitrogens with one attached hydrogen (secondary N) is 1. The Labute approximate surface area is 139 Å². The van der Waals surface area contributed by atoms with Crippen molar-refractivity contribution in [2.24, 2.45) is 0 Å². The second-order valence-corrected chi connectivity index (χ2v) is 5.59. The molecule has 0 aliphatic rings. The Morgan fingerprint density at radius 1 is 0.696 bits per heavy atom. The first kappa shape index (κ1) is 13.9. The number of aromatic nitrogens is 1. The summed E-state index contributed by atoms with van der Waals surface area (Å²) in [7, 11) is 0. The van der Waals surface area contributed by atoms with E-state index in [9.17, 15) is 0 Å². The van der Waals surface area contributed by atoms with Crippen LogP contribution in [0.4, 0.5) is 11.5 Å². The molecule has 0 radical (unpaired) electrons. The molecule has 0 fully saturated rings. The number of hydrazine groups is 1. The highest BCUT2D eigenvalue weighted by Crippen LogP contribution is 2.32. The molecule has 0 saturated heterocycles. The predicted octanol–water partition coefficient (Wildman–Crippen LogP) is 5.38. The molecule has 23 heavy (non-hydrogen) atoms. The molecule has 1 N–H and O–H groups in total. The van der Waals surface area contributed by atoms with Crippen molar-refractivity contribution in [3.63, 3.8) is 0 Å². The number of benzene rings is 3. The summed E-state index contributed by atoms with van der Waals surface area (Å²) >= 11 is 6.48. The molecule has 0 saturated carbocycles. The number of hydrogen-bond acceptors (Lipinski definition) is 3. The van der Waals surface area contributed by atoms with Gasteiger partial charge in [-0.05, 0) is 23.6 Å². The van der Waals surface area contributed by atoms with E-state index in [-0.39, 0.29) is 0 Å². The highest BCUT2D eigenvalue weighted by Gasteiger charge is 2.13. The fraction of sp³-hybridized carbons (Fsp3) is 0. The lowest BCUT2D eigenvalue weighted by Crippen LogP contribution is -2.20. The Balaban J connectivity index is 1.87. The maximum atomic E-state index is 6.48. The minimum Gasteiger partial charge on any atom is -0.282 e. The van der Waals surface area contributed by atoms with Crippen LogP contribution in [0.2, 0.25) is 0 Å². The van der Waals surface area contributed by atoms with Gasteiger partial charge in [-0.3, -0.25) is 5.43 Å². The first-order chi connectivity index (χ1) is 11.3. The number of para-hydroxylation sites is 2. The van der Waals surface area contributed by atoms with Crippen LogP contribution in [-0.4, -0.2) is 4.98 Å². The molecule has 3 aromatic carbocycles. The quantitative estimate of drug-likeness (QED) is 0.312. The molecule has 0 spiro atoms. The van der Waals surface area contributed by atoms with Crippen molar-refractivity contribution in [1.29, 1.82) is 0 Å². The third kappa shape index (κ3) is 2.56. The molecular formula is C19H14ClN3. The molecule has 1 heterocycles. The fourth-order valence-electron chi connectivity index (χ4n) is 2.71. The average molecular weight is 320 g/mol. The predicted molar refractivity (Wildman–Crippen MR) is 97.6 cm³/mol. The summed E-state index contributed by atoms with van der Waals surface area (Å²) in [5, 5.41) is 3.26. The van der Waals surface area contributed by atoms with Crippen molar-refractivity contribution >= 4 is 45.0 Å². The van der Waals surface area contributed by atoms with Crippen molar-refractivity contribution < 1.29 is 0 Å². The number of nitrogens with zero attached hydrogens (tertiary/aromatic N) is 2. The number of halogens is 1. The summed E-state index contributed by atoms with van der Waals surface area (Å²) in [5.41, 5.74) is 4.97. The topological polar surface area (TPSA) is 28.2 Å². The number of fused-ring (bicyclic) bond motifs is 3. The van der Waals surface area contributed by atoms with E-state index < -0.39 is 0 Å². The van der Waals surface area contributed by atoms with E-state index in [0.717, 1.165) is 27.4 Å². The van der Waals surface area contributed by atoms with Gasteiger partial charge in [-0.15, -0.1) is 0 Å². The van der Waals surface area contributed by atoms with Crippen LogP contribution in [0.3, 0.4) is 0 Å². The number of hydrogen-bond donors (Lipinski definition) is 1. The van der Waals surface area contributed by atoms with E-state index in [1.165, 1.54) is 4.53 Å². The third-order valence-electron chi connectivity index (χ3n) is 3.78. The van der Waals surface area contributed by atoms with Crippen LogP contribution < -0.4 is 9.95 Å². The zero-order valence-electron chi connectivity index (χ0n) is 12.3. The van der Waals surface area contributed by atoms with Gasteiger partial charge in [0.25, 0.3) is 0 Å². The molecule has 1 aromatic heterocycles. The van der Waals surface area contributed by atoms with Crippen LogP contribution in [0, 0.1) is 0 Å². The Kier molecular flexibility index (Phi) is 3.48. The van der Waals surface area contributed by atoms with E-state index >= 15 is 0 Å². The summed E-state index contributed by atoms with van der Waals surface area (Å²) in [5.74, 6) is 0.685. The van der Waals surface area contributed by atoms with Gasteiger partial charge in [-0.1, -0.05) is 60.7 Å². The SMILES string of the molecule is ClN(Nc1ccccc1)c1nc2ccccc2c2ccccc12. The lowest BCUT2D eigenvalue weighted by molar-refractivity contribution is 1.22. The van der Waals surface area contributed by atoms with Gasteiger partial charge in [0.15, 0.2) is 5.82 Å². The van der Waals surface area contributed by atoms with Crippen molar-refractivity contribution in [1.82, 2.24) is 4.98 Å². The molecular weight excluding hydrogens is 306 g/mol. The van der Waals surface area contributed by atoms with Crippen molar-refractivity contribution in [2.75, 3.05) is 9.95 Å². The summed E-state index contributed by atoms with van der Waals surface area (Å²) in [4.78, 5) is 4.73. The van der Waals surface area contributed by atoms with Gasteiger partial charge >= 0.3 is 0 Å². The van der Waals surface area contributed by atoms with Crippen molar-refractivity contribution in [3.8, 4) is 0 Å². The zero-order valence-corrected chi connectivity index (χ0v) is 13.0. The van der Waals surface area contributed by atoms with Crippen molar-refractivity contribution in [3.05, 3.63) is 78.9 Å². The van der Waals surface area contributed by atoms with Crippen LogP contribution >= 0.6 is 11.8 Å². The standard InChI is InChI=1S/C19H14ClN3/c20-23(22-14-8-2-1-3-9-14)19-17-12-5-4-10-15(17)16-11-6-7-13-18(16)21-19/h1-13,22H. The molecule has 4 aromatic rings. The van der Waals surface area contributed by atoms with Gasteiger partial charge in [0.2, 0.25) is 0 Å². The summed E-state index contributed by atoms with van der Waals surface area (Å²) in [6.07, 6.45) is 0. The van der Waals surface area contributed by atoms with Crippen LogP contribution in [-0.2, 0) is 0 Å². The second kappa shape index (κ2) is 5.78. The van der Waals surface area contributed by atoms with E-state index in [1.807, 2.05) is 66.7 Å². The first-order valence-electron chi connectivity index (χ1n) is 7.38. The van der Waals surface area contributed by atoms with Gasteiger partial charge in [-0.2, -0.15) is 4.53 Å². The van der Waals surface area contributed by atoms with Gasteiger partial charge in [0, 0.05) is 22.5 Å². The summed E-state index contributed by atoms with van der Waals surface area (Å²) < 4.78 is 1.45. The molecule has 112 valence electrons. The molecule has 4 rings (SSSR count). The molecule has 0 aliphatic carbocycles. The molecule has 0 bridgehead atoms. The van der Waals surface area contributed by atoms with Crippen LogP contribution in [0.1, 0.15) is 0 Å². The van der Waals surface area contributed by atoms with Gasteiger partial charge in [0.05, 0.1) is 11.2 Å². The Hall–Kier alpha value is -2.78. The zero-order chi connectivity index (χ0) is 15.6. The summed E-state index contributed by atoms with van der Waals surface area (Å²) in [6, 6.07) is 26.0. The van der Waals surface area contributed by atoms with Crippen molar-refractivity contribution in [2.45, 2.75) is 0 Å². The van der Waals surface area contributed by atoms with Crippen LogP contribution in [0.25, 0.3) is 21.7 Å². The number of rotatable bonds is 3. The minimum absolute atomic E-state index is 0.685. The highest BCUT2D eigenvalue weighted by atomic mass is 35.5. The Morgan fingerprint density at radius 2 is 1.30 bits per heavy atom. The summed E-state index contributed by atoms with van der Waals surface area (Å²) in [6.45, 7) is 0. The van der Waals surface area contributed by atoms with E-state index in [0.29, 0.717) is 5.82 Å². The van der Waals surface area contributed by atoms with Crippen LogP contribution in [0.5, 0.6) is 0 Å². The van der Waals surface area contributed by atoms with E-state index in [4.69, 9.17) is 16.8 Å². The van der Waals surface area contributed by atoms with E-state index in [2.05, 4.69) is 17.6 Å². The van der Waals surface area contributed by atoms with Crippen LogP contribution in [0.15, 0.2) is 78.9 Å². The van der Waals surface area contributed by atoms with Gasteiger partial charge in [-0.25, -0.2) is 4.98 Å². The Morgan fingerprint density at radius 3 is 2.09 bits per heavy atom. The molecule has 0 aliphatic heterocycles. The maximum Gasteiger partial charge on any atom is 0.173 e. The lowest BCUT2D eigenvalue weighted by Gasteiger charge is -2.19. The number of anilines is 2. The minimum atomic E-state index is 0.685. The monoisotopic (exact) mass is 319 g/mol. The highest BCUT2D eigenvalue weighted by molar-refractivity contribution is 6.28. The maximum absolute atomic E-state index is 6.48. The van der Waals surface area contributed by atoms with Gasteiger partial charge < -0.3 is 0 Å². The third-order valence-corrected chi connectivity index (χ3v) is 4.02. The first-order valence-corrected chi connectivity index (χ1v) is 7.72. The average Bonchev–Trinajstić information content (AvgIpc) is 2.62.